The Labute approximate surface area is 135 Å². The molecule has 0 spiro atoms. The average Bonchev–Trinajstić information content (AvgIpc) is 2.93. The summed E-state index contributed by atoms with van der Waals surface area (Å²) in [6, 6.07) is 13.0. The molecular weight excluding hydrogens is 327 g/mol. The van der Waals surface area contributed by atoms with Gasteiger partial charge in [0, 0.05) is 25.7 Å². The van der Waals surface area contributed by atoms with E-state index in [1.54, 1.807) is 12.1 Å². The summed E-state index contributed by atoms with van der Waals surface area (Å²) >= 11 is 13.7. The highest BCUT2D eigenvalue weighted by Gasteiger charge is 2.14. The summed E-state index contributed by atoms with van der Waals surface area (Å²) in [6.45, 7) is 0. The molecule has 0 atom stereocenters. The number of hydrogen-bond donors (Lipinski definition) is 0. The molecule has 106 valence electrons. The highest BCUT2D eigenvalue weighted by Crippen LogP contribution is 2.38. The van der Waals surface area contributed by atoms with Crippen molar-refractivity contribution in [3.63, 3.8) is 0 Å². The monoisotopic (exact) mass is 336 g/mol. The average molecular weight is 337 g/mol. The van der Waals surface area contributed by atoms with E-state index >= 15 is 0 Å². The molecule has 0 aliphatic rings. The third-order valence-corrected chi connectivity index (χ3v) is 4.81. The first-order valence-electron chi connectivity index (χ1n) is 6.16. The number of carbonyl (C=O) groups excluding carboxylic acids is 1. The molecule has 0 saturated heterocycles. The zero-order valence-electron chi connectivity index (χ0n) is 11.0. The van der Waals surface area contributed by atoms with Crippen molar-refractivity contribution < 1.29 is 9.53 Å². The molecule has 2 aromatic carbocycles. The molecule has 0 aliphatic carbocycles. The van der Waals surface area contributed by atoms with Crippen molar-refractivity contribution in [2.24, 2.45) is 0 Å². The van der Waals surface area contributed by atoms with Crippen LogP contribution in [-0.2, 0) is 4.74 Å². The van der Waals surface area contributed by atoms with Gasteiger partial charge in [0.1, 0.15) is 4.88 Å². The Morgan fingerprint density at radius 3 is 2.67 bits per heavy atom. The first-order chi connectivity index (χ1) is 10.1. The molecule has 3 aromatic rings. The van der Waals surface area contributed by atoms with E-state index in [0.29, 0.717) is 14.9 Å². The lowest BCUT2D eigenvalue weighted by Crippen LogP contribution is -1.96. The van der Waals surface area contributed by atoms with Crippen molar-refractivity contribution >= 4 is 50.6 Å². The maximum Gasteiger partial charge on any atom is 0.348 e. The summed E-state index contributed by atoms with van der Waals surface area (Å²) in [5.74, 6) is -0.334. The van der Waals surface area contributed by atoms with Crippen molar-refractivity contribution in [1.82, 2.24) is 0 Å². The minimum atomic E-state index is -0.334. The molecule has 0 fully saturated rings. The first kappa shape index (κ1) is 14.4. The van der Waals surface area contributed by atoms with E-state index in [4.69, 9.17) is 27.9 Å². The lowest BCUT2D eigenvalue weighted by molar-refractivity contribution is 0.0606. The minimum Gasteiger partial charge on any atom is -0.465 e. The smallest absolute Gasteiger partial charge is 0.348 e. The van der Waals surface area contributed by atoms with Crippen LogP contribution in [0.25, 0.3) is 21.2 Å². The van der Waals surface area contributed by atoms with Gasteiger partial charge in [-0.3, -0.25) is 0 Å². The van der Waals surface area contributed by atoms with Crippen LogP contribution in [0.1, 0.15) is 9.67 Å². The predicted octanol–water partition coefficient (Wildman–Crippen LogP) is 5.66. The van der Waals surface area contributed by atoms with Crippen LogP contribution in [0.3, 0.4) is 0 Å². The highest BCUT2D eigenvalue weighted by atomic mass is 35.5. The van der Waals surface area contributed by atoms with Crippen molar-refractivity contribution in [2.45, 2.75) is 0 Å². The molecule has 0 bridgehead atoms. The molecule has 0 unspecified atom stereocenters. The van der Waals surface area contributed by atoms with E-state index in [1.165, 1.54) is 18.4 Å². The molecule has 0 radical (unpaired) electrons. The SMILES string of the molecule is COC(=O)c1cc2c(-c3cc(Cl)ccc3Cl)cccc2s1. The molecule has 21 heavy (non-hydrogen) atoms. The van der Waals surface area contributed by atoms with Crippen molar-refractivity contribution in [3.05, 3.63) is 57.4 Å². The number of fused-ring (bicyclic) bond motifs is 1. The second-order valence-corrected chi connectivity index (χ2v) is 6.37. The van der Waals surface area contributed by atoms with Crippen LogP contribution in [0.5, 0.6) is 0 Å². The molecule has 1 heterocycles. The molecule has 0 N–H and O–H groups in total. The van der Waals surface area contributed by atoms with Crippen LogP contribution in [0.2, 0.25) is 10.0 Å². The third kappa shape index (κ3) is 2.64. The summed E-state index contributed by atoms with van der Waals surface area (Å²) < 4.78 is 5.78. The molecule has 1 aromatic heterocycles. The first-order valence-corrected chi connectivity index (χ1v) is 7.73. The number of halogens is 2. The van der Waals surface area contributed by atoms with Crippen molar-refractivity contribution in [3.8, 4) is 11.1 Å². The number of esters is 1. The zero-order chi connectivity index (χ0) is 15.0. The van der Waals surface area contributed by atoms with Gasteiger partial charge in [-0.15, -0.1) is 11.3 Å². The van der Waals surface area contributed by atoms with Crippen LogP contribution < -0.4 is 0 Å². The Hall–Kier alpha value is -1.55. The molecule has 0 amide bonds. The largest absolute Gasteiger partial charge is 0.465 e. The molecule has 5 heteroatoms. The van der Waals surface area contributed by atoms with Gasteiger partial charge < -0.3 is 4.74 Å². The maximum atomic E-state index is 11.7. The van der Waals surface area contributed by atoms with Gasteiger partial charge in [-0.1, -0.05) is 35.3 Å². The van der Waals surface area contributed by atoms with Crippen molar-refractivity contribution in [2.75, 3.05) is 7.11 Å². The van der Waals surface area contributed by atoms with E-state index in [2.05, 4.69) is 0 Å². The predicted molar refractivity (Wildman–Crippen MR) is 88.6 cm³/mol. The van der Waals surface area contributed by atoms with Crippen LogP contribution in [-0.4, -0.2) is 13.1 Å². The van der Waals surface area contributed by atoms with Gasteiger partial charge in [0.15, 0.2) is 0 Å². The van der Waals surface area contributed by atoms with E-state index in [9.17, 15) is 4.79 Å². The number of thiophene rings is 1. The number of methoxy groups -OCH3 is 1. The summed E-state index contributed by atoms with van der Waals surface area (Å²) in [4.78, 5) is 12.3. The topological polar surface area (TPSA) is 26.3 Å². The van der Waals surface area contributed by atoms with Crippen LogP contribution >= 0.6 is 34.5 Å². The van der Waals surface area contributed by atoms with Gasteiger partial charge in [-0.2, -0.15) is 0 Å². The molecular formula is C16H10Cl2O2S. The van der Waals surface area contributed by atoms with Crippen LogP contribution in [0.15, 0.2) is 42.5 Å². The van der Waals surface area contributed by atoms with E-state index in [1.807, 2.05) is 30.3 Å². The number of hydrogen-bond acceptors (Lipinski definition) is 3. The molecule has 0 saturated carbocycles. The Balaban J connectivity index is 2.25. The Morgan fingerprint density at radius 1 is 1.10 bits per heavy atom. The lowest BCUT2D eigenvalue weighted by Gasteiger charge is -2.06. The fourth-order valence-corrected chi connectivity index (χ4v) is 3.60. The maximum absolute atomic E-state index is 11.7. The van der Waals surface area contributed by atoms with E-state index in [-0.39, 0.29) is 5.97 Å². The number of carbonyl (C=O) groups is 1. The Bertz CT molecular complexity index is 839. The van der Waals surface area contributed by atoms with Gasteiger partial charge in [0.25, 0.3) is 0 Å². The second kappa shape index (κ2) is 5.68. The van der Waals surface area contributed by atoms with E-state index < -0.39 is 0 Å². The zero-order valence-corrected chi connectivity index (χ0v) is 13.4. The second-order valence-electron chi connectivity index (χ2n) is 4.44. The standard InChI is InChI=1S/C16H10Cl2O2S/c1-20-16(19)15-8-12-10(3-2-4-14(12)21-15)11-7-9(17)5-6-13(11)18/h2-8H,1H3. The Morgan fingerprint density at radius 2 is 1.90 bits per heavy atom. The van der Waals surface area contributed by atoms with E-state index in [0.717, 1.165) is 21.2 Å². The van der Waals surface area contributed by atoms with Crippen LogP contribution in [0, 0.1) is 0 Å². The Kier molecular flexibility index (Phi) is 3.89. The van der Waals surface area contributed by atoms with Crippen LogP contribution in [0.4, 0.5) is 0 Å². The normalized spacial score (nSPS) is 10.8. The van der Waals surface area contributed by atoms with Gasteiger partial charge in [-0.05, 0) is 35.9 Å². The summed E-state index contributed by atoms with van der Waals surface area (Å²) in [6.07, 6.45) is 0. The fraction of sp³-hybridized carbons (Fsp3) is 0.0625. The van der Waals surface area contributed by atoms with Gasteiger partial charge in [-0.25, -0.2) is 4.79 Å². The van der Waals surface area contributed by atoms with Gasteiger partial charge in [0.2, 0.25) is 0 Å². The molecule has 2 nitrogen and oxygen atoms in total. The number of ether oxygens (including phenoxy) is 1. The number of benzene rings is 2. The minimum absolute atomic E-state index is 0.334. The lowest BCUT2D eigenvalue weighted by atomic mass is 10.0. The molecule has 0 aliphatic heterocycles. The van der Waals surface area contributed by atoms with Gasteiger partial charge >= 0.3 is 5.97 Å². The van der Waals surface area contributed by atoms with Crippen molar-refractivity contribution in [1.29, 1.82) is 0 Å². The highest BCUT2D eigenvalue weighted by molar-refractivity contribution is 7.20. The summed E-state index contributed by atoms with van der Waals surface area (Å²) in [7, 11) is 1.38. The quantitative estimate of drug-likeness (QED) is 0.564. The summed E-state index contributed by atoms with van der Waals surface area (Å²) in [5.41, 5.74) is 1.80. The summed E-state index contributed by atoms with van der Waals surface area (Å²) in [5, 5.41) is 2.21. The third-order valence-electron chi connectivity index (χ3n) is 3.17. The fourth-order valence-electron chi connectivity index (χ4n) is 2.20. The van der Waals surface area contributed by atoms with Gasteiger partial charge in [0.05, 0.1) is 7.11 Å². The number of rotatable bonds is 2. The molecule has 3 rings (SSSR count).